The third kappa shape index (κ3) is 3.86. The first-order valence-electron chi connectivity index (χ1n) is 7.97. The molecule has 2 aromatic rings. The molecule has 0 atom stereocenters. The molecule has 0 bridgehead atoms. The van der Waals surface area contributed by atoms with Crippen LogP contribution in [0.4, 0.5) is 14.6 Å². The van der Waals surface area contributed by atoms with E-state index in [1.165, 1.54) is 19.2 Å². The van der Waals surface area contributed by atoms with E-state index in [-0.39, 0.29) is 17.9 Å². The Morgan fingerprint density at radius 3 is 2.44 bits per heavy atom. The fourth-order valence-electron chi connectivity index (χ4n) is 2.87. The van der Waals surface area contributed by atoms with Crippen LogP contribution in [-0.4, -0.2) is 43.2 Å². The molecule has 5 nitrogen and oxygen atoms in total. The molecule has 0 N–H and O–H groups in total. The minimum absolute atomic E-state index is 0.0545. The van der Waals surface area contributed by atoms with Gasteiger partial charge in [-0.2, -0.15) is 5.26 Å². The van der Waals surface area contributed by atoms with E-state index in [9.17, 15) is 8.78 Å². The van der Waals surface area contributed by atoms with Crippen molar-refractivity contribution >= 4 is 5.82 Å². The Morgan fingerprint density at radius 1 is 1.16 bits per heavy atom. The second-order valence-corrected chi connectivity index (χ2v) is 5.83. The summed E-state index contributed by atoms with van der Waals surface area (Å²) >= 11 is 0. The maximum atomic E-state index is 14.1. The molecule has 0 amide bonds. The van der Waals surface area contributed by atoms with Crippen LogP contribution in [0.2, 0.25) is 0 Å². The second-order valence-electron chi connectivity index (χ2n) is 5.83. The molecule has 3 rings (SSSR count). The smallest absolute Gasteiger partial charge is 0.142 e. The van der Waals surface area contributed by atoms with Crippen molar-refractivity contribution in [3.63, 3.8) is 0 Å². The lowest BCUT2D eigenvalue weighted by Crippen LogP contribution is -2.46. The topological polar surface area (TPSA) is 52.4 Å². The van der Waals surface area contributed by atoms with Crippen LogP contribution < -0.4 is 9.64 Å². The fraction of sp³-hybridized carbons (Fsp3) is 0.333. The molecular formula is C18H18F2N4O. The molecule has 1 fully saturated rings. The van der Waals surface area contributed by atoms with E-state index in [1.807, 2.05) is 17.0 Å². The van der Waals surface area contributed by atoms with Gasteiger partial charge in [-0.05, 0) is 12.1 Å². The van der Waals surface area contributed by atoms with Crippen molar-refractivity contribution in [2.75, 3.05) is 38.2 Å². The summed E-state index contributed by atoms with van der Waals surface area (Å²) in [6.07, 6.45) is 0. The fourth-order valence-corrected chi connectivity index (χ4v) is 2.87. The molecule has 1 aromatic heterocycles. The predicted octanol–water partition coefficient (Wildman–Crippen LogP) is 2.56. The van der Waals surface area contributed by atoms with E-state index < -0.39 is 11.6 Å². The van der Waals surface area contributed by atoms with Crippen LogP contribution in [0.3, 0.4) is 0 Å². The molecule has 0 saturated carbocycles. The lowest BCUT2D eigenvalue weighted by molar-refractivity contribution is 0.242. The van der Waals surface area contributed by atoms with Gasteiger partial charge in [0, 0.05) is 50.4 Å². The number of nitriles is 1. The van der Waals surface area contributed by atoms with Gasteiger partial charge in [-0.15, -0.1) is 0 Å². The van der Waals surface area contributed by atoms with Crippen molar-refractivity contribution in [2.45, 2.75) is 6.54 Å². The zero-order valence-electron chi connectivity index (χ0n) is 13.9. The third-order valence-corrected chi connectivity index (χ3v) is 4.28. The Morgan fingerprint density at radius 2 is 1.84 bits per heavy atom. The van der Waals surface area contributed by atoms with E-state index in [4.69, 9.17) is 10.00 Å². The van der Waals surface area contributed by atoms with Gasteiger partial charge in [0.15, 0.2) is 0 Å². The van der Waals surface area contributed by atoms with E-state index in [0.717, 1.165) is 5.82 Å². The quantitative estimate of drug-likeness (QED) is 0.853. The molecule has 0 unspecified atom stereocenters. The van der Waals surface area contributed by atoms with Crippen molar-refractivity contribution < 1.29 is 13.5 Å². The number of anilines is 1. The highest BCUT2D eigenvalue weighted by Gasteiger charge is 2.21. The van der Waals surface area contributed by atoms with Gasteiger partial charge in [0.05, 0.1) is 7.11 Å². The Labute approximate surface area is 145 Å². The van der Waals surface area contributed by atoms with Crippen LogP contribution in [0.1, 0.15) is 11.3 Å². The molecule has 0 spiro atoms. The van der Waals surface area contributed by atoms with E-state index in [2.05, 4.69) is 9.88 Å². The van der Waals surface area contributed by atoms with Gasteiger partial charge in [0.2, 0.25) is 0 Å². The largest absolute Gasteiger partial charge is 0.497 e. The molecule has 130 valence electrons. The summed E-state index contributed by atoms with van der Waals surface area (Å²) in [7, 11) is 1.38. The minimum atomic E-state index is -0.595. The van der Waals surface area contributed by atoms with Crippen LogP contribution in [0.15, 0.2) is 30.3 Å². The zero-order valence-corrected chi connectivity index (χ0v) is 13.9. The number of methoxy groups -OCH3 is 1. The Kier molecular flexibility index (Phi) is 5.10. The van der Waals surface area contributed by atoms with Gasteiger partial charge in [0.25, 0.3) is 0 Å². The Balaban J connectivity index is 1.64. The summed E-state index contributed by atoms with van der Waals surface area (Å²) in [6.45, 7) is 2.89. The molecule has 2 heterocycles. The highest BCUT2D eigenvalue weighted by atomic mass is 19.1. The summed E-state index contributed by atoms with van der Waals surface area (Å²) in [4.78, 5) is 8.35. The molecule has 25 heavy (non-hydrogen) atoms. The number of piperazine rings is 1. The number of ether oxygens (including phenoxy) is 1. The van der Waals surface area contributed by atoms with Crippen molar-refractivity contribution in [2.24, 2.45) is 0 Å². The molecule has 1 aliphatic rings. The first-order valence-corrected chi connectivity index (χ1v) is 7.97. The molecule has 1 saturated heterocycles. The SMILES string of the molecule is COc1cc(F)c(CN2CCN(c3cccc(C#N)n3)CC2)c(F)c1. The lowest BCUT2D eigenvalue weighted by Gasteiger charge is -2.35. The number of hydrogen-bond acceptors (Lipinski definition) is 5. The van der Waals surface area contributed by atoms with E-state index >= 15 is 0 Å². The molecule has 1 aromatic carbocycles. The third-order valence-electron chi connectivity index (χ3n) is 4.28. The van der Waals surface area contributed by atoms with Crippen LogP contribution in [0.25, 0.3) is 0 Å². The average molecular weight is 344 g/mol. The van der Waals surface area contributed by atoms with Gasteiger partial charge >= 0.3 is 0 Å². The van der Waals surface area contributed by atoms with Gasteiger partial charge in [-0.1, -0.05) is 6.07 Å². The molecule has 0 radical (unpaired) electrons. The monoisotopic (exact) mass is 344 g/mol. The first kappa shape index (κ1) is 17.1. The van der Waals surface area contributed by atoms with Crippen LogP contribution in [0, 0.1) is 23.0 Å². The number of hydrogen-bond donors (Lipinski definition) is 0. The number of rotatable bonds is 4. The first-order chi connectivity index (χ1) is 12.1. The van der Waals surface area contributed by atoms with E-state index in [1.54, 1.807) is 12.1 Å². The normalized spacial score (nSPS) is 15.0. The van der Waals surface area contributed by atoms with Crippen molar-refractivity contribution in [3.8, 4) is 11.8 Å². The van der Waals surface area contributed by atoms with Gasteiger partial charge in [-0.3, -0.25) is 4.90 Å². The summed E-state index contributed by atoms with van der Waals surface area (Å²) < 4.78 is 33.0. The van der Waals surface area contributed by atoms with Gasteiger partial charge in [-0.25, -0.2) is 13.8 Å². The highest BCUT2D eigenvalue weighted by molar-refractivity contribution is 5.42. The summed E-state index contributed by atoms with van der Waals surface area (Å²) in [6, 6.07) is 9.75. The van der Waals surface area contributed by atoms with E-state index in [0.29, 0.717) is 31.9 Å². The maximum absolute atomic E-state index is 14.1. The number of pyridine rings is 1. The molecule has 0 aliphatic carbocycles. The summed E-state index contributed by atoms with van der Waals surface area (Å²) in [5.74, 6) is -0.266. The highest BCUT2D eigenvalue weighted by Crippen LogP contribution is 2.23. The van der Waals surface area contributed by atoms with Gasteiger partial charge in [0.1, 0.15) is 35.0 Å². The van der Waals surface area contributed by atoms with Gasteiger partial charge < -0.3 is 9.64 Å². The number of halogens is 2. The summed E-state index contributed by atoms with van der Waals surface area (Å²) in [5, 5.41) is 8.94. The standard InChI is InChI=1S/C18H18F2N4O/c1-25-14-9-16(19)15(17(20)10-14)12-23-5-7-24(8-6-23)18-4-2-3-13(11-21)22-18/h2-4,9-10H,5-8,12H2,1H3. The van der Waals surface area contributed by atoms with Crippen LogP contribution >= 0.6 is 0 Å². The minimum Gasteiger partial charge on any atom is -0.497 e. The summed E-state index contributed by atoms with van der Waals surface area (Å²) in [5.41, 5.74) is 0.432. The van der Waals surface area contributed by atoms with Crippen molar-refractivity contribution in [3.05, 3.63) is 53.2 Å². The lowest BCUT2D eigenvalue weighted by atomic mass is 10.1. The second kappa shape index (κ2) is 7.45. The van der Waals surface area contributed by atoms with Crippen molar-refractivity contribution in [1.29, 1.82) is 5.26 Å². The molecule has 7 heteroatoms. The van der Waals surface area contributed by atoms with Crippen LogP contribution in [0.5, 0.6) is 5.75 Å². The maximum Gasteiger partial charge on any atom is 0.142 e. The Hall–Kier alpha value is -2.72. The number of nitrogens with zero attached hydrogens (tertiary/aromatic N) is 4. The Bertz CT molecular complexity index is 775. The zero-order chi connectivity index (χ0) is 17.8. The number of aromatic nitrogens is 1. The molecule has 1 aliphatic heterocycles. The van der Waals surface area contributed by atoms with Crippen molar-refractivity contribution in [1.82, 2.24) is 9.88 Å². The molecular weight excluding hydrogens is 326 g/mol. The number of benzene rings is 1. The average Bonchev–Trinajstić information content (AvgIpc) is 2.65. The van der Waals surface area contributed by atoms with Crippen LogP contribution in [-0.2, 0) is 6.54 Å². The predicted molar refractivity (Wildman–Crippen MR) is 89.4 cm³/mol.